The van der Waals surface area contributed by atoms with E-state index >= 15 is 0 Å². The largest absolute Gasteiger partial charge is 0.507 e. The quantitative estimate of drug-likeness (QED) is 0.182. The predicted octanol–water partition coefficient (Wildman–Crippen LogP) is 9.02. The lowest BCUT2D eigenvalue weighted by molar-refractivity contribution is -0.162. The van der Waals surface area contributed by atoms with E-state index in [1.54, 1.807) is 0 Å². The number of aromatic hydroxyl groups is 2. The van der Waals surface area contributed by atoms with E-state index in [-0.39, 0.29) is 23.4 Å². The average molecular weight is 625 g/mol. The van der Waals surface area contributed by atoms with Crippen molar-refractivity contribution in [2.45, 2.75) is 148 Å². The Kier molecular flexibility index (Phi) is 13.2. The van der Waals surface area contributed by atoms with Crippen molar-refractivity contribution in [3.8, 4) is 11.5 Å². The second-order valence-corrected chi connectivity index (χ2v) is 14.5. The third-order valence-electron chi connectivity index (χ3n) is 10.2. The molecule has 2 unspecified atom stereocenters. The molecular weight excluding hydrogens is 564 g/mol. The first-order chi connectivity index (χ1) is 21.5. The second-order valence-electron chi connectivity index (χ2n) is 14.5. The van der Waals surface area contributed by atoms with Gasteiger partial charge in [-0.2, -0.15) is 0 Å². The third kappa shape index (κ3) is 9.93. The molecule has 2 fully saturated rings. The van der Waals surface area contributed by atoms with Crippen LogP contribution in [0.1, 0.15) is 139 Å². The molecule has 4 rings (SSSR count). The van der Waals surface area contributed by atoms with E-state index < -0.39 is 0 Å². The molecule has 2 heterocycles. The van der Waals surface area contributed by atoms with Crippen LogP contribution in [0, 0.1) is 0 Å². The molecule has 45 heavy (non-hydrogen) atoms. The smallest absolute Gasteiger partial charge is 0.157 e. The Morgan fingerprint density at radius 3 is 1.44 bits per heavy atom. The highest BCUT2D eigenvalue weighted by Crippen LogP contribution is 2.41. The summed E-state index contributed by atoms with van der Waals surface area (Å²) in [4.78, 5) is 0. The molecule has 0 aliphatic carbocycles. The zero-order valence-corrected chi connectivity index (χ0v) is 29.0. The van der Waals surface area contributed by atoms with Gasteiger partial charge in [-0.05, 0) is 110 Å². The Balaban J connectivity index is 1.56. The number of aryl methyl sites for hydroxylation is 2. The number of ether oxygens (including phenoxy) is 4. The van der Waals surface area contributed by atoms with Crippen LogP contribution < -0.4 is 0 Å². The summed E-state index contributed by atoms with van der Waals surface area (Å²) in [5.74, 6) is 0.693. The van der Waals surface area contributed by atoms with Gasteiger partial charge in [-0.25, -0.2) is 0 Å². The van der Waals surface area contributed by atoms with Gasteiger partial charge in [-0.1, -0.05) is 65.8 Å². The van der Waals surface area contributed by atoms with E-state index in [0.717, 1.165) is 113 Å². The maximum absolute atomic E-state index is 11.7. The van der Waals surface area contributed by atoms with Crippen molar-refractivity contribution in [1.82, 2.24) is 0 Å². The molecule has 0 saturated carbocycles. The minimum atomic E-state index is -0.178. The Morgan fingerprint density at radius 2 is 1.09 bits per heavy atom. The van der Waals surface area contributed by atoms with E-state index in [9.17, 15) is 10.2 Å². The highest BCUT2D eigenvalue weighted by Gasteiger charge is 2.27. The molecule has 2 aliphatic heterocycles. The Morgan fingerprint density at radius 1 is 0.667 bits per heavy atom. The van der Waals surface area contributed by atoms with Gasteiger partial charge in [0, 0.05) is 30.8 Å². The van der Waals surface area contributed by atoms with Crippen molar-refractivity contribution in [2.24, 2.45) is 0 Å². The number of phenolic OH excluding ortho intramolecular Hbond substituents is 2. The molecule has 0 bridgehead atoms. The van der Waals surface area contributed by atoms with E-state index in [4.69, 9.17) is 18.9 Å². The van der Waals surface area contributed by atoms with Gasteiger partial charge in [0.15, 0.2) is 12.6 Å². The molecular formula is C39H60O6. The van der Waals surface area contributed by atoms with Gasteiger partial charge in [0.1, 0.15) is 11.5 Å². The highest BCUT2D eigenvalue weighted by molar-refractivity contribution is 5.53. The van der Waals surface area contributed by atoms with Crippen LogP contribution in [0.5, 0.6) is 11.5 Å². The van der Waals surface area contributed by atoms with Crippen molar-refractivity contribution < 1.29 is 29.2 Å². The van der Waals surface area contributed by atoms with Crippen LogP contribution in [0.4, 0.5) is 0 Å². The molecule has 252 valence electrons. The fourth-order valence-corrected chi connectivity index (χ4v) is 6.36. The first-order valence-corrected chi connectivity index (χ1v) is 17.7. The van der Waals surface area contributed by atoms with Gasteiger partial charge in [0.2, 0.25) is 0 Å². The average Bonchev–Trinajstić information content (AvgIpc) is 3.04. The molecule has 0 amide bonds. The van der Waals surface area contributed by atoms with E-state index in [0.29, 0.717) is 31.1 Å². The first-order valence-electron chi connectivity index (χ1n) is 17.7. The summed E-state index contributed by atoms with van der Waals surface area (Å²) in [6.07, 6.45) is 12.1. The second kappa shape index (κ2) is 16.6. The van der Waals surface area contributed by atoms with Gasteiger partial charge in [0.05, 0.1) is 13.2 Å². The number of rotatable bonds is 16. The Hall–Kier alpha value is -2.12. The summed E-state index contributed by atoms with van der Waals surface area (Å²) in [7, 11) is 0. The van der Waals surface area contributed by atoms with Crippen LogP contribution in [0.25, 0.3) is 0 Å². The molecule has 2 aromatic rings. The van der Waals surface area contributed by atoms with Crippen molar-refractivity contribution >= 4 is 0 Å². The molecule has 2 aromatic carbocycles. The van der Waals surface area contributed by atoms with Gasteiger partial charge in [-0.15, -0.1) is 0 Å². The van der Waals surface area contributed by atoms with Crippen LogP contribution in [0.2, 0.25) is 0 Å². The Labute approximate surface area is 272 Å². The van der Waals surface area contributed by atoms with Crippen LogP contribution >= 0.6 is 0 Å². The number of benzene rings is 2. The molecule has 2 aliphatic rings. The normalized spacial score (nSPS) is 19.6. The molecule has 0 radical (unpaired) electrons. The lowest BCUT2D eigenvalue weighted by atomic mass is 9.78. The zero-order chi connectivity index (χ0) is 32.5. The molecule has 2 N–H and O–H groups in total. The number of hydrogen-bond donors (Lipinski definition) is 2. The minimum Gasteiger partial charge on any atom is -0.507 e. The molecule has 2 saturated heterocycles. The molecule has 6 heteroatoms. The summed E-state index contributed by atoms with van der Waals surface area (Å²) in [5.41, 5.74) is 5.71. The van der Waals surface area contributed by atoms with Gasteiger partial charge in [0.25, 0.3) is 0 Å². The SMILES string of the molecule is CCC(C)(C)c1cc(CCCOC2CCCCO2)cc(Cc2cc(CCCOC3CCCCO3)cc(C(C)(C)CC)c2O)c1O. The fraction of sp³-hybridized carbons (Fsp3) is 0.692. The summed E-state index contributed by atoms with van der Waals surface area (Å²) in [6.45, 7) is 16.0. The van der Waals surface area contributed by atoms with Crippen molar-refractivity contribution in [2.75, 3.05) is 26.4 Å². The van der Waals surface area contributed by atoms with Crippen molar-refractivity contribution in [3.05, 3.63) is 57.6 Å². The maximum atomic E-state index is 11.7. The summed E-state index contributed by atoms with van der Waals surface area (Å²) in [5, 5.41) is 23.3. The van der Waals surface area contributed by atoms with Crippen LogP contribution in [0.3, 0.4) is 0 Å². The van der Waals surface area contributed by atoms with E-state index in [1.807, 2.05) is 0 Å². The molecule has 2 atom stereocenters. The van der Waals surface area contributed by atoms with Gasteiger partial charge in [-0.3, -0.25) is 0 Å². The molecule has 0 aromatic heterocycles. The van der Waals surface area contributed by atoms with Crippen molar-refractivity contribution in [1.29, 1.82) is 0 Å². The first kappa shape index (κ1) is 35.7. The molecule has 6 nitrogen and oxygen atoms in total. The lowest BCUT2D eigenvalue weighted by Crippen LogP contribution is -2.22. The minimum absolute atomic E-state index is 0.0762. The van der Waals surface area contributed by atoms with Gasteiger partial charge >= 0.3 is 0 Å². The monoisotopic (exact) mass is 624 g/mol. The number of phenols is 2. The highest BCUT2D eigenvalue weighted by atomic mass is 16.7. The summed E-state index contributed by atoms with van der Waals surface area (Å²) >= 11 is 0. The predicted molar refractivity (Wildman–Crippen MR) is 181 cm³/mol. The number of hydrogen-bond acceptors (Lipinski definition) is 6. The third-order valence-corrected chi connectivity index (χ3v) is 10.2. The van der Waals surface area contributed by atoms with Crippen LogP contribution in [-0.2, 0) is 49.0 Å². The molecule has 0 spiro atoms. The fourth-order valence-electron chi connectivity index (χ4n) is 6.36. The van der Waals surface area contributed by atoms with E-state index in [1.165, 1.54) is 11.1 Å². The topological polar surface area (TPSA) is 77.4 Å². The standard InChI is InChI=1S/C39H60O6/c1-7-38(3,4)32-25-28(15-13-21-44-34-17-9-11-19-42-34)23-30(36(32)40)27-31-24-29(26-33(37(31)41)39(5,6)8-2)16-14-22-45-35-18-10-12-20-43-35/h23-26,34-35,40-41H,7-22,27H2,1-6H3. The van der Waals surface area contributed by atoms with Crippen molar-refractivity contribution in [3.63, 3.8) is 0 Å². The zero-order valence-electron chi connectivity index (χ0n) is 29.0. The summed E-state index contributed by atoms with van der Waals surface area (Å²) < 4.78 is 23.5. The maximum Gasteiger partial charge on any atom is 0.157 e. The van der Waals surface area contributed by atoms with Crippen LogP contribution in [0.15, 0.2) is 24.3 Å². The lowest BCUT2D eigenvalue weighted by Gasteiger charge is -2.28. The Bertz CT molecular complexity index is 1110. The van der Waals surface area contributed by atoms with Crippen LogP contribution in [-0.4, -0.2) is 49.2 Å². The summed E-state index contributed by atoms with van der Waals surface area (Å²) in [6, 6.07) is 8.63. The van der Waals surface area contributed by atoms with E-state index in [2.05, 4.69) is 65.8 Å². The van der Waals surface area contributed by atoms with Gasteiger partial charge < -0.3 is 29.2 Å².